The summed E-state index contributed by atoms with van der Waals surface area (Å²) in [4.78, 5) is 4.12. The van der Waals surface area contributed by atoms with E-state index in [0.717, 1.165) is 0 Å². The first kappa shape index (κ1) is 16.4. The van der Waals surface area contributed by atoms with Gasteiger partial charge in [0.05, 0.1) is 18.8 Å². The summed E-state index contributed by atoms with van der Waals surface area (Å²) < 4.78 is 53.2. The minimum Gasteiger partial charge on any atom is -0.489 e. The third-order valence-corrected chi connectivity index (χ3v) is 3.40. The average molecular weight is 344 g/mol. The number of alkyl halides is 3. The van der Waals surface area contributed by atoms with Gasteiger partial charge in [-0.15, -0.1) is 13.2 Å². The van der Waals surface area contributed by atoms with E-state index in [4.69, 9.17) is 14.6 Å². The number of aromatic nitrogens is 2. The van der Waals surface area contributed by atoms with E-state index in [1.165, 1.54) is 24.3 Å². The van der Waals surface area contributed by atoms with Gasteiger partial charge in [0.15, 0.2) is 5.60 Å². The van der Waals surface area contributed by atoms with Crippen LogP contribution in [0.25, 0.3) is 0 Å². The van der Waals surface area contributed by atoms with Crippen molar-refractivity contribution in [2.75, 3.05) is 6.61 Å². The Hall–Kier alpha value is -2.42. The Balaban J connectivity index is 1.57. The standard InChI is InChI=1S/C15H15F3N2O4/c1-14(8-20-6-10(7-21)19-13(20)24-14)9-22-11-2-4-12(5-3-11)23-15(16,17)18/h2-6,21H,7-9H2,1H3. The Labute approximate surface area is 135 Å². The predicted octanol–water partition coefficient (Wildman–Crippen LogP) is 2.50. The Bertz CT molecular complexity index is 689. The predicted molar refractivity (Wildman–Crippen MR) is 75.8 cm³/mol. The molecule has 3 rings (SSSR count). The third kappa shape index (κ3) is 3.73. The second kappa shape index (κ2) is 5.90. The van der Waals surface area contributed by atoms with Crippen molar-refractivity contribution in [3.8, 4) is 17.5 Å². The van der Waals surface area contributed by atoms with E-state index in [-0.39, 0.29) is 19.0 Å². The van der Waals surface area contributed by atoms with Crippen molar-refractivity contribution < 1.29 is 32.5 Å². The van der Waals surface area contributed by atoms with Gasteiger partial charge in [0.2, 0.25) is 0 Å². The zero-order valence-electron chi connectivity index (χ0n) is 12.7. The molecule has 0 saturated heterocycles. The van der Waals surface area contributed by atoms with Crippen LogP contribution in [0, 0.1) is 0 Å². The fourth-order valence-corrected chi connectivity index (χ4v) is 2.38. The van der Waals surface area contributed by atoms with Gasteiger partial charge in [-0.05, 0) is 31.2 Å². The smallest absolute Gasteiger partial charge is 0.489 e. The van der Waals surface area contributed by atoms with Crippen molar-refractivity contribution in [2.24, 2.45) is 0 Å². The first-order valence-corrected chi connectivity index (χ1v) is 7.11. The highest BCUT2D eigenvalue weighted by Crippen LogP contribution is 2.30. The van der Waals surface area contributed by atoms with E-state index in [2.05, 4.69) is 9.72 Å². The van der Waals surface area contributed by atoms with Gasteiger partial charge < -0.3 is 19.3 Å². The SMILES string of the molecule is CC1(COc2ccc(OC(F)(F)F)cc2)Cn2cc(CO)nc2O1. The fourth-order valence-electron chi connectivity index (χ4n) is 2.38. The highest BCUT2D eigenvalue weighted by atomic mass is 19.4. The minimum atomic E-state index is -4.72. The van der Waals surface area contributed by atoms with Crippen molar-refractivity contribution in [3.05, 3.63) is 36.2 Å². The number of rotatable bonds is 5. The summed E-state index contributed by atoms with van der Waals surface area (Å²) in [6, 6.07) is 5.54. The van der Waals surface area contributed by atoms with Crippen molar-refractivity contribution in [2.45, 2.75) is 32.0 Å². The van der Waals surface area contributed by atoms with Crippen LogP contribution in [0.5, 0.6) is 17.5 Å². The molecule has 1 aromatic heterocycles. The van der Waals surface area contributed by atoms with E-state index < -0.39 is 12.0 Å². The number of imidazole rings is 1. The van der Waals surface area contributed by atoms with Gasteiger partial charge in [-0.25, -0.2) is 0 Å². The highest BCUT2D eigenvalue weighted by Gasteiger charge is 2.37. The first-order valence-electron chi connectivity index (χ1n) is 7.11. The molecule has 9 heteroatoms. The van der Waals surface area contributed by atoms with Crippen LogP contribution in [0.3, 0.4) is 0 Å². The normalized spacial score (nSPS) is 19.7. The van der Waals surface area contributed by atoms with Gasteiger partial charge in [0, 0.05) is 6.20 Å². The monoisotopic (exact) mass is 344 g/mol. The Morgan fingerprint density at radius 1 is 1.29 bits per heavy atom. The Morgan fingerprint density at radius 2 is 1.96 bits per heavy atom. The topological polar surface area (TPSA) is 65.7 Å². The molecular formula is C15H15F3N2O4. The molecular weight excluding hydrogens is 329 g/mol. The molecule has 0 fully saturated rings. The quantitative estimate of drug-likeness (QED) is 0.903. The molecule has 6 nitrogen and oxygen atoms in total. The van der Waals surface area contributed by atoms with Crippen molar-refractivity contribution in [3.63, 3.8) is 0 Å². The summed E-state index contributed by atoms with van der Waals surface area (Å²) in [7, 11) is 0. The lowest BCUT2D eigenvalue weighted by Gasteiger charge is -2.23. The van der Waals surface area contributed by atoms with Crippen LogP contribution < -0.4 is 14.2 Å². The molecule has 24 heavy (non-hydrogen) atoms. The summed E-state index contributed by atoms with van der Waals surface area (Å²) >= 11 is 0. The van der Waals surface area contributed by atoms with Crippen molar-refractivity contribution >= 4 is 0 Å². The molecule has 1 unspecified atom stereocenters. The zero-order chi connectivity index (χ0) is 17.4. The fraction of sp³-hybridized carbons (Fsp3) is 0.400. The lowest BCUT2D eigenvalue weighted by atomic mass is 10.1. The largest absolute Gasteiger partial charge is 0.573 e. The number of aliphatic hydroxyl groups is 1. The molecule has 2 aromatic rings. The number of hydrogen-bond acceptors (Lipinski definition) is 5. The van der Waals surface area contributed by atoms with E-state index in [1.807, 2.05) is 6.92 Å². The number of ether oxygens (including phenoxy) is 3. The molecule has 0 bridgehead atoms. The second-order valence-electron chi connectivity index (χ2n) is 5.66. The third-order valence-electron chi connectivity index (χ3n) is 3.40. The van der Waals surface area contributed by atoms with Gasteiger partial charge in [-0.3, -0.25) is 4.57 Å². The van der Waals surface area contributed by atoms with Crippen LogP contribution in [0.1, 0.15) is 12.6 Å². The molecule has 2 heterocycles. The molecule has 0 aliphatic carbocycles. The van der Waals surface area contributed by atoms with Gasteiger partial charge in [0.1, 0.15) is 18.1 Å². The molecule has 1 aliphatic heterocycles. The first-order chi connectivity index (χ1) is 11.3. The molecule has 130 valence electrons. The number of benzene rings is 1. The summed E-state index contributed by atoms with van der Waals surface area (Å²) in [5, 5.41) is 9.03. The van der Waals surface area contributed by atoms with Gasteiger partial charge >= 0.3 is 6.36 Å². The Kier molecular flexibility index (Phi) is 4.04. The van der Waals surface area contributed by atoms with Crippen LogP contribution in [0.4, 0.5) is 13.2 Å². The van der Waals surface area contributed by atoms with Crippen LogP contribution in [0.2, 0.25) is 0 Å². The molecule has 1 aliphatic rings. The number of halogens is 3. The molecule has 0 spiro atoms. The molecule has 0 radical (unpaired) electrons. The molecule has 0 amide bonds. The van der Waals surface area contributed by atoms with Crippen molar-refractivity contribution in [1.29, 1.82) is 0 Å². The van der Waals surface area contributed by atoms with E-state index in [1.54, 1.807) is 10.8 Å². The summed E-state index contributed by atoms with van der Waals surface area (Å²) in [5.41, 5.74) is -0.134. The number of nitrogens with zero attached hydrogens (tertiary/aromatic N) is 2. The summed E-state index contributed by atoms with van der Waals surface area (Å²) in [6.07, 6.45) is -3.02. The summed E-state index contributed by atoms with van der Waals surface area (Å²) in [6.45, 7) is 2.35. The average Bonchev–Trinajstić information content (AvgIpc) is 3.00. The van der Waals surface area contributed by atoms with Gasteiger partial charge in [0.25, 0.3) is 6.01 Å². The molecule has 1 aromatic carbocycles. The second-order valence-corrected chi connectivity index (χ2v) is 5.66. The van der Waals surface area contributed by atoms with E-state index in [0.29, 0.717) is 24.0 Å². The number of hydrogen-bond donors (Lipinski definition) is 1. The van der Waals surface area contributed by atoms with Gasteiger partial charge in [-0.1, -0.05) is 0 Å². The Morgan fingerprint density at radius 3 is 2.54 bits per heavy atom. The zero-order valence-corrected chi connectivity index (χ0v) is 12.7. The van der Waals surface area contributed by atoms with E-state index >= 15 is 0 Å². The van der Waals surface area contributed by atoms with Crippen LogP contribution in [0.15, 0.2) is 30.5 Å². The van der Waals surface area contributed by atoms with E-state index in [9.17, 15) is 13.2 Å². The number of aliphatic hydroxyl groups excluding tert-OH is 1. The van der Waals surface area contributed by atoms with Gasteiger partial charge in [-0.2, -0.15) is 4.98 Å². The molecule has 1 atom stereocenters. The lowest BCUT2D eigenvalue weighted by Crippen LogP contribution is -2.38. The van der Waals surface area contributed by atoms with Crippen molar-refractivity contribution in [1.82, 2.24) is 9.55 Å². The minimum absolute atomic E-state index is 0.164. The molecule has 0 saturated carbocycles. The van der Waals surface area contributed by atoms with Crippen LogP contribution >= 0.6 is 0 Å². The summed E-state index contributed by atoms with van der Waals surface area (Å²) in [5.74, 6) is 0.0878. The highest BCUT2D eigenvalue weighted by molar-refractivity contribution is 5.31. The lowest BCUT2D eigenvalue weighted by molar-refractivity contribution is -0.274. The van der Waals surface area contributed by atoms with Crippen LogP contribution in [-0.4, -0.2) is 33.2 Å². The maximum absolute atomic E-state index is 12.1. The van der Waals surface area contributed by atoms with Crippen LogP contribution in [-0.2, 0) is 13.2 Å². The number of fused-ring (bicyclic) bond motifs is 1. The maximum atomic E-state index is 12.1. The maximum Gasteiger partial charge on any atom is 0.573 e. The molecule has 1 N–H and O–H groups in total.